The average Bonchev–Trinajstić information content (AvgIpc) is 2.67. The maximum atomic E-state index is 13.6. The van der Waals surface area contributed by atoms with Crippen LogP contribution < -0.4 is 0 Å². The lowest BCUT2D eigenvalue weighted by Gasteiger charge is -2.30. The van der Waals surface area contributed by atoms with Gasteiger partial charge in [0.1, 0.15) is 17.1 Å². The third-order valence-electron chi connectivity index (χ3n) is 3.52. The van der Waals surface area contributed by atoms with Gasteiger partial charge < -0.3 is 4.57 Å². The fourth-order valence-electron chi connectivity index (χ4n) is 2.67. The molecule has 19 heavy (non-hydrogen) atoms. The molecular weight excluding hydrogens is 387 g/mol. The van der Waals surface area contributed by atoms with E-state index in [2.05, 4.69) is 32.6 Å². The van der Waals surface area contributed by atoms with Gasteiger partial charge in [0.25, 0.3) is 0 Å². The highest BCUT2D eigenvalue weighted by Gasteiger charge is 2.37. The zero-order chi connectivity index (χ0) is 13.6. The highest BCUT2D eigenvalue weighted by Crippen LogP contribution is 2.41. The van der Waals surface area contributed by atoms with Gasteiger partial charge in [0.05, 0.1) is 5.39 Å². The Bertz CT molecular complexity index is 629. The van der Waals surface area contributed by atoms with Crippen LogP contribution in [-0.2, 0) is 0 Å². The summed E-state index contributed by atoms with van der Waals surface area (Å²) in [6, 6.07) is -0.222. The van der Waals surface area contributed by atoms with E-state index >= 15 is 0 Å². The second-order valence-electron chi connectivity index (χ2n) is 4.85. The predicted molar refractivity (Wildman–Crippen MR) is 77.7 cm³/mol. The van der Waals surface area contributed by atoms with Crippen LogP contribution in [0.15, 0.2) is 12.5 Å². The van der Waals surface area contributed by atoms with E-state index in [1.165, 1.54) is 6.33 Å². The van der Waals surface area contributed by atoms with Crippen LogP contribution in [0.3, 0.4) is 0 Å². The molecule has 1 saturated carbocycles. The van der Waals surface area contributed by atoms with Crippen LogP contribution >= 0.6 is 34.2 Å². The van der Waals surface area contributed by atoms with Crippen molar-refractivity contribution in [3.8, 4) is 0 Å². The SMILES string of the molecule is FC1(F)CCCC(n2cc(I)c3c(Cl)ncnc32)C1. The molecule has 3 rings (SSSR count). The molecule has 0 amide bonds. The summed E-state index contributed by atoms with van der Waals surface area (Å²) in [6.45, 7) is 0. The van der Waals surface area contributed by atoms with E-state index in [-0.39, 0.29) is 18.9 Å². The molecule has 0 N–H and O–H groups in total. The summed E-state index contributed by atoms with van der Waals surface area (Å²) >= 11 is 8.19. The van der Waals surface area contributed by atoms with Gasteiger partial charge in [-0.15, -0.1) is 0 Å². The Balaban J connectivity index is 2.08. The maximum Gasteiger partial charge on any atom is 0.250 e. The van der Waals surface area contributed by atoms with Gasteiger partial charge in [-0.05, 0) is 35.4 Å². The van der Waals surface area contributed by atoms with E-state index in [1.54, 1.807) is 0 Å². The van der Waals surface area contributed by atoms with Crippen molar-refractivity contribution >= 4 is 45.2 Å². The van der Waals surface area contributed by atoms with E-state index in [0.717, 1.165) is 15.4 Å². The van der Waals surface area contributed by atoms with E-state index in [4.69, 9.17) is 11.6 Å². The fraction of sp³-hybridized carbons (Fsp3) is 0.500. The highest BCUT2D eigenvalue weighted by molar-refractivity contribution is 14.1. The van der Waals surface area contributed by atoms with Crippen LogP contribution in [-0.4, -0.2) is 20.5 Å². The van der Waals surface area contributed by atoms with Crippen LogP contribution in [0.2, 0.25) is 5.15 Å². The normalized spacial score (nSPS) is 22.8. The molecule has 0 saturated heterocycles. The molecule has 1 aliphatic rings. The summed E-state index contributed by atoms with van der Waals surface area (Å²) in [7, 11) is 0. The first-order chi connectivity index (χ1) is 8.98. The summed E-state index contributed by atoms with van der Waals surface area (Å²) in [5.41, 5.74) is 0.645. The van der Waals surface area contributed by atoms with Crippen molar-refractivity contribution in [2.24, 2.45) is 0 Å². The minimum Gasteiger partial charge on any atom is -0.328 e. The van der Waals surface area contributed by atoms with Gasteiger partial charge in [0, 0.05) is 28.7 Å². The molecule has 0 radical (unpaired) electrons. The number of fused-ring (bicyclic) bond motifs is 1. The Labute approximate surface area is 127 Å². The largest absolute Gasteiger partial charge is 0.328 e. The summed E-state index contributed by atoms with van der Waals surface area (Å²) in [5.74, 6) is -2.58. The molecule has 2 heterocycles. The van der Waals surface area contributed by atoms with Crippen LogP contribution in [0.25, 0.3) is 11.0 Å². The molecular formula is C12H11ClF2IN3. The van der Waals surface area contributed by atoms with Crippen molar-refractivity contribution in [3.05, 3.63) is 21.2 Å². The van der Waals surface area contributed by atoms with E-state index in [0.29, 0.717) is 17.2 Å². The molecule has 2 aromatic rings. The van der Waals surface area contributed by atoms with Crippen molar-refractivity contribution in [1.29, 1.82) is 0 Å². The molecule has 0 aromatic carbocycles. The number of rotatable bonds is 1. The minimum atomic E-state index is -2.58. The Morgan fingerprint density at radius 3 is 2.95 bits per heavy atom. The Kier molecular flexibility index (Phi) is 3.41. The van der Waals surface area contributed by atoms with E-state index in [1.807, 2.05) is 10.8 Å². The summed E-state index contributed by atoms with van der Waals surface area (Å²) in [5, 5.41) is 1.12. The van der Waals surface area contributed by atoms with Gasteiger partial charge in [0.15, 0.2) is 0 Å². The van der Waals surface area contributed by atoms with Crippen LogP contribution in [0.1, 0.15) is 31.7 Å². The van der Waals surface area contributed by atoms with Gasteiger partial charge in [-0.2, -0.15) is 0 Å². The average molecular weight is 398 g/mol. The second kappa shape index (κ2) is 4.80. The Morgan fingerprint density at radius 1 is 1.42 bits per heavy atom. The first kappa shape index (κ1) is 13.5. The number of hydrogen-bond acceptors (Lipinski definition) is 2. The maximum absolute atomic E-state index is 13.6. The quantitative estimate of drug-likeness (QED) is 0.526. The van der Waals surface area contributed by atoms with Crippen LogP contribution in [0.5, 0.6) is 0 Å². The fourth-order valence-corrected chi connectivity index (χ4v) is 3.85. The van der Waals surface area contributed by atoms with Crippen molar-refractivity contribution in [3.63, 3.8) is 0 Å². The lowest BCUT2D eigenvalue weighted by molar-refractivity contribution is -0.0490. The summed E-state index contributed by atoms with van der Waals surface area (Å²) < 4.78 is 29.8. The molecule has 0 aliphatic heterocycles. The molecule has 1 atom stereocenters. The number of alkyl halides is 2. The molecule has 0 bridgehead atoms. The number of aromatic nitrogens is 3. The zero-order valence-electron chi connectivity index (χ0n) is 9.91. The Hall–Kier alpha value is -0.500. The molecule has 0 spiro atoms. The first-order valence-electron chi connectivity index (χ1n) is 6.02. The van der Waals surface area contributed by atoms with E-state index < -0.39 is 5.92 Å². The summed E-state index contributed by atoms with van der Waals surface area (Å²) in [6.07, 6.45) is 4.35. The third kappa shape index (κ3) is 2.44. The molecule has 1 unspecified atom stereocenters. The lowest BCUT2D eigenvalue weighted by Crippen LogP contribution is -2.27. The predicted octanol–water partition coefficient (Wildman–Crippen LogP) is 4.44. The van der Waals surface area contributed by atoms with Gasteiger partial charge in [-0.25, -0.2) is 18.7 Å². The lowest BCUT2D eigenvalue weighted by atomic mass is 9.92. The minimum absolute atomic E-state index is 0.0183. The number of halogens is 4. The van der Waals surface area contributed by atoms with Crippen molar-refractivity contribution in [1.82, 2.24) is 14.5 Å². The number of nitrogens with zero attached hydrogens (tertiary/aromatic N) is 3. The van der Waals surface area contributed by atoms with Crippen LogP contribution in [0.4, 0.5) is 8.78 Å². The first-order valence-corrected chi connectivity index (χ1v) is 7.48. The van der Waals surface area contributed by atoms with Crippen LogP contribution in [0, 0.1) is 3.57 Å². The highest BCUT2D eigenvalue weighted by atomic mass is 127. The summed E-state index contributed by atoms with van der Waals surface area (Å²) in [4.78, 5) is 8.15. The van der Waals surface area contributed by atoms with Gasteiger partial charge in [0.2, 0.25) is 5.92 Å². The zero-order valence-corrected chi connectivity index (χ0v) is 12.8. The number of hydrogen-bond donors (Lipinski definition) is 0. The second-order valence-corrected chi connectivity index (χ2v) is 6.37. The van der Waals surface area contributed by atoms with Gasteiger partial charge in [-0.3, -0.25) is 0 Å². The molecule has 7 heteroatoms. The van der Waals surface area contributed by atoms with Crippen molar-refractivity contribution in [2.45, 2.75) is 37.6 Å². The molecule has 3 nitrogen and oxygen atoms in total. The smallest absolute Gasteiger partial charge is 0.250 e. The van der Waals surface area contributed by atoms with Crippen molar-refractivity contribution < 1.29 is 8.78 Å². The third-order valence-corrected chi connectivity index (χ3v) is 4.63. The van der Waals surface area contributed by atoms with Crippen molar-refractivity contribution in [2.75, 3.05) is 0 Å². The molecule has 1 fully saturated rings. The standard InChI is InChI=1S/C12H11ClF2IN3/c13-10-9-8(16)5-19(11(9)18-6-17-10)7-2-1-3-12(14,15)4-7/h5-7H,1-4H2. The molecule has 1 aliphatic carbocycles. The topological polar surface area (TPSA) is 30.7 Å². The Morgan fingerprint density at radius 2 is 2.21 bits per heavy atom. The molecule has 2 aromatic heterocycles. The van der Waals surface area contributed by atoms with Gasteiger partial charge in [-0.1, -0.05) is 11.6 Å². The molecule has 102 valence electrons. The van der Waals surface area contributed by atoms with E-state index in [9.17, 15) is 8.78 Å². The monoisotopic (exact) mass is 397 g/mol. The van der Waals surface area contributed by atoms with Gasteiger partial charge >= 0.3 is 0 Å².